The molecule has 3 rings (SSSR count). The molecule has 0 saturated heterocycles. The van der Waals surface area contributed by atoms with E-state index in [1.165, 1.54) is 5.56 Å². The number of aryl methyl sites for hydroxylation is 1. The molecule has 1 N–H and O–H groups in total. The van der Waals surface area contributed by atoms with Crippen LogP contribution in [-0.2, 0) is 15.0 Å². The third-order valence-corrected chi connectivity index (χ3v) is 4.50. The van der Waals surface area contributed by atoms with Gasteiger partial charge in [-0.3, -0.25) is 9.59 Å². The molecule has 2 heterocycles. The molecule has 0 atom stereocenters. The largest absolute Gasteiger partial charge is 0.360 e. The third-order valence-electron chi connectivity index (χ3n) is 4.50. The third kappa shape index (κ3) is 3.73. The molecular formula is C19H23N3O3. The lowest BCUT2D eigenvalue weighted by molar-refractivity contribution is -0.120. The number of aromatic nitrogens is 1. The number of nitrogens with zero attached hydrogens (tertiary/aromatic N) is 2. The molecule has 0 spiro atoms. The fraction of sp³-hybridized carbons (Fsp3) is 0.421. The van der Waals surface area contributed by atoms with Crippen LogP contribution in [0, 0.1) is 6.92 Å². The first-order chi connectivity index (χ1) is 11.9. The topological polar surface area (TPSA) is 75.4 Å². The summed E-state index contributed by atoms with van der Waals surface area (Å²) < 4.78 is 4.92. The second-order valence-corrected chi connectivity index (χ2v) is 7.10. The van der Waals surface area contributed by atoms with Crippen molar-refractivity contribution in [2.75, 3.05) is 16.8 Å². The van der Waals surface area contributed by atoms with E-state index >= 15 is 0 Å². The summed E-state index contributed by atoms with van der Waals surface area (Å²) in [6.45, 7) is 6.48. The molecular weight excluding hydrogens is 318 g/mol. The van der Waals surface area contributed by atoms with Gasteiger partial charge in [0.2, 0.25) is 11.8 Å². The molecule has 2 aromatic rings. The Morgan fingerprint density at radius 3 is 2.84 bits per heavy atom. The highest BCUT2D eigenvalue weighted by Crippen LogP contribution is 2.39. The molecule has 1 aromatic carbocycles. The lowest BCUT2D eigenvalue weighted by Crippen LogP contribution is -2.42. The fourth-order valence-electron chi connectivity index (χ4n) is 3.26. The Morgan fingerprint density at radius 2 is 2.12 bits per heavy atom. The minimum absolute atomic E-state index is 0.108. The second-order valence-electron chi connectivity index (χ2n) is 7.10. The van der Waals surface area contributed by atoms with Crippen LogP contribution in [0.15, 0.2) is 34.9 Å². The van der Waals surface area contributed by atoms with E-state index in [4.69, 9.17) is 4.52 Å². The summed E-state index contributed by atoms with van der Waals surface area (Å²) in [6.07, 6.45) is 1.39. The Balaban J connectivity index is 1.61. The Morgan fingerprint density at radius 1 is 1.36 bits per heavy atom. The van der Waals surface area contributed by atoms with Crippen LogP contribution in [0.4, 0.5) is 11.5 Å². The van der Waals surface area contributed by atoms with Gasteiger partial charge in [0.15, 0.2) is 5.82 Å². The number of nitrogens with one attached hydrogen (secondary N) is 1. The van der Waals surface area contributed by atoms with Crippen molar-refractivity contribution in [2.24, 2.45) is 0 Å². The monoisotopic (exact) mass is 341 g/mol. The summed E-state index contributed by atoms with van der Waals surface area (Å²) in [7, 11) is 0. The van der Waals surface area contributed by atoms with Crippen molar-refractivity contribution >= 4 is 23.3 Å². The summed E-state index contributed by atoms with van der Waals surface area (Å²) in [5.74, 6) is 1.04. The first-order valence-electron chi connectivity index (χ1n) is 8.50. The summed E-state index contributed by atoms with van der Waals surface area (Å²) >= 11 is 0. The first-order valence-corrected chi connectivity index (χ1v) is 8.50. The lowest BCUT2D eigenvalue weighted by atomic mass is 9.77. The number of carbonyl (C=O) groups excluding carboxylic acids is 2. The van der Waals surface area contributed by atoms with Gasteiger partial charge >= 0.3 is 0 Å². The molecule has 6 heteroatoms. The van der Waals surface area contributed by atoms with Gasteiger partial charge in [-0.05, 0) is 25.0 Å². The van der Waals surface area contributed by atoms with Crippen LogP contribution in [0.3, 0.4) is 0 Å². The SMILES string of the molecule is Cc1cc(NC(=O)CCCN2C(=O)CC(C)(C)c3ccccc32)no1. The summed E-state index contributed by atoms with van der Waals surface area (Å²) in [6, 6.07) is 9.67. The standard InChI is InChI=1S/C19H23N3O3/c1-13-11-16(21-25-13)20-17(23)9-6-10-22-15-8-5-4-7-14(15)19(2,3)12-18(22)24/h4-5,7-8,11H,6,9-10,12H2,1-3H3,(H,20,21,23). The number of rotatable bonds is 5. The average Bonchev–Trinajstić information content (AvgIpc) is 2.95. The Bertz CT molecular complexity index is 795. The molecule has 0 aliphatic carbocycles. The minimum Gasteiger partial charge on any atom is -0.360 e. The van der Waals surface area contributed by atoms with E-state index in [1.54, 1.807) is 17.9 Å². The highest BCUT2D eigenvalue weighted by Gasteiger charge is 2.35. The van der Waals surface area contributed by atoms with Gasteiger partial charge in [0.25, 0.3) is 0 Å². The zero-order valence-electron chi connectivity index (χ0n) is 14.8. The van der Waals surface area contributed by atoms with Crippen molar-refractivity contribution < 1.29 is 14.1 Å². The van der Waals surface area contributed by atoms with Gasteiger partial charge in [0, 0.05) is 36.6 Å². The maximum atomic E-state index is 12.5. The molecule has 25 heavy (non-hydrogen) atoms. The van der Waals surface area contributed by atoms with Crippen molar-refractivity contribution in [3.8, 4) is 0 Å². The number of hydrogen-bond donors (Lipinski definition) is 1. The Hall–Kier alpha value is -2.63. The van der Waals surface area contributed by atoms with Gasteiger partial charge in [-0.15, -0.1) is 0 Å². The summed E-state index contributed by atoms with van der Waals surface area (Å²) in [4.78, 5) is 26.3. The van der Waals surface area contributed by atoms with Crippen molar-refractivity contribution in [2.45, 2.75) is 45.4 Å². The van der Waals surface area contributed by atoms with Crippen LogP contribution in [0.5, 0.6) is 0 Å². The van der Waals surface area contributed by atoms with Crippen molar-refractivity contribution in [1.82, 2.24) is 5.16 Å². The predicted octanol–water partition coefficient (Wildman–Crippen LogP) is 3.42. The highest BCUT2D eigenvalue weighted by molar-refractivity contribution is 5.98. The Kier molecular flexibility index (Phi) is 4.61. The molecule has 0 bridgehead atoms. The van der Waals surface area contributed by atoms with Crippen LogP contribution in [0.25, 0.3) is 0 Å². The molecule has 2 amide bonds. The van der Waals surface area contributed by atoms with E-state index in [1.807, 2.05) is 18.2 Å². The van der Waals surface area contributed by atoms with Gasteiger partial charge in [-0.25, -0.2) is 0 Å². The van der Waals surface area contributed by atoms with Gasteiger partial charge in [-0.1, -0.05) is 37.2 Å². The molecule has 0 fully saturated rings. The molecule has 1 aliphatic rings. The van der Waals surface area contributed by atoms with E-state index in [2.05, 4.69) is 30.4 Å². The minimum atomic E-state index is -0.160. The number of benzene rings is 1. The predicted molar refractivity (Wildman–Crippen MR) is 95.5 cm³/mol. The summed E-state index contributed by atoms with van der Waals surface area (Å²) in [5.41, 5.74) is 1.97. The number of carbonyl (C=O) groups is 2. The van der Waals surface area contributed by atoms with Gasteiger partial charge in [0.1, 0.15) is 5.76 Å². The number of amides is 2. The van der Waals surface area contributed by atoms with Crippen LogP contribution in [-0.4, -0.2) is 23.5 Å². The normalized spacial score (nSPS) is 15.8. The molecule has 132 valence electrons. The van der Waals surface area contributed by atoms with Gasteiger partial charge in [-0.2, -0.15) is 0 Å². The molecule has 6 nitrogen and oxygen atoms in total. The quantitative estimate of drug-likeness (QED) is 0.904. The van der Waals surface area contributed by atoms with E-state index in [0.29, 0.717) is 37.4 Å². The van der Waals surface area contributed by atoms with E-state index in [-0.39, 0.29) is 17.2 Å². The van der Waals surface area contributed by atoms with Crippen molar-refractivity contribution in [3.05, 3.63) is 41.7 Å². The number of fused-ring (bicyclic) bond motifs is 1. The maximum Gasteiger partial charge on any atom is 0.227 e. The fourth-order valence-corrected chi connectivity index (χ4v) is 3.26. The molecule has 0 radical (unpaired) electrons. The van der Waals surface area contributed by atoms with Crippen LogP contribution < -0.4 is 10.2 Å². The van der Waals surface area contributed by atoms with Crippen molar-refractivity contribution in [1.29, 1.82) is 0 Å². The number of hydrogen-bond acceptors (Lipinski definition) is 4. The number of anilines is 2. The average molecular weight is 341 g/mol. The number of para-hydroxylation sites is 1. The van der Waals surface area contributed by atoms with Crippen LogP contribution >= 0.6 is 0 Å². The smallest absolute Gasteiger partial charge is 0.227 e. The van der Waals surface area contributed by atoms with Gasteiger partial charge in [0.05, 0.1) is 0 Å². The highest BCUT2D eigenvalue weighted by atomic mass is 16.5. The van der Waals surface area contributed by atoms with Crippen LogP contribution in [0.2, 0.25) is 0 Å². The first kappa shape index (κ1) is 17.2. The van der Waals surface area contributed by atoms with Crippen molar-refractivity contribution in [3.63, 3.8) is 0 Å². The molecule has 1 aliphatic heterocycles. The zero-order valence-corrected chi connectivity index (χ0v) is 14.8. The van der Waals surface area contributed by atoms with E-state index < -0.39 is 0 Å². The second kappa shape index (κ2) is 6.70. The van der Waals surface area contributed by atoms with E-state index in [9.17, 15) is 9.59 Å². The zero-order chi connectivity index (χ0) is 18.0. The van der Waals surface area contributed by atoms with Gasteiger partial charge < -0.3 is 14.7 Å². The molecule has 0 unspecified atom stereocenters. The van der Waals surface area contributed by atoms with Crippen LogP contribution in [0.1, 0.15) is 44.4 Å². The molecule has 1 aromatic heterocycles. The summed E-state index contributed by atoms with van der Waals surface area (Å²) in [5, 5.41) is 6.44. The maximum absolute atomic E-state index is 12.5. The lowest BCUT2D eigenvalue weighted by Gasteiger charge is -2.38. The Labute approximate surface area is 147 Å². The van der Waals surface area contributed by atoms with E-state index in [0.717, 1.165) is 5.69 Å². The molecule has 0 saturated carbocycles.